The first-order chi connectivity index (χ1) is 8.08. The molecule has 0 aliphatic carbocycles. The van der Waals surface area contributed by atoms with Gasteiger partial charge < -0.3 is 14.8 Å². The Bertz CT molecular complexity index is 408. The van der Waals surface area contributed by atoms with Gasteiger partial charge in [-0.05, 0) is 17.7 Å². The molecule has 1 aromatic rings. The first-order valence-corrected chi connectivity index (χ1v) is 5.78. The minimum absolute atomic E-state index is 0.522. The van der Waals surface area contributed by atoms with Crippen LogP contribution < -0.4 is 14.8 Å². The van der Waals surface area contributed by atoms with E-state index in [1.54, 1.807) is 14.2 Å². The van der Waals surface area contributed by atoms with Crippen molar-refractivity contribution in [2.45, 2.75) is 6.54 Å². The molecule has 0 heterocycles. The van der Waals surface area contributed by atoms with Crippen LogP contribution in [-0.2, 0) is 6.54 Å². The molecule has 1 aromatic carbocycles. The third-order valence-corrected chi connectivity index (χ3v) is 2.55. The van der Waals surface area contributed by atoms with Crippen LogP contribution in [0.25, 0.3) is 0 Å². The SMILES string of the molecule is C=C(Cl)CNCc1cc(Cl)c(OC)c(OC)c1. The van der Waals surface area contributed by atoms with E-state index in [1.165, 1.54) is 0 Å². The molecule has 0 atom stereocenters. The van der Waals surface area contributed by atoms with Gasteiger partial charge in [0.15, 0.2) is 11.5 Å². The van der Waals surface area contributed by atoms with Crippen LogP contribution in [-0.4, -0.2) is 20.8 Å². The summed E-state index contributed by atoms with van der Waals surface area (Å²) in [5, 5.41) is 4.22. The maximum Gasteiger partial charge on any atom is 0.179 e. The molecule has 0 radical (unpaired) electrons. The molecule has 94 valence electrons. The summed E-state index contributed by atoms with van der Waals surface area (Å²) in [6.07, 6.45) is 0. The fourth-order valence-electron chi connectivity index (χ4n) is 1.42. The van der Waals surface area contributed by atoms with Crippen molar-refractivity contribution in [3.8, 4) is 11.5 Å². The zero-order valence-electron chi connectivity index (χ0n) is 9.85. The monoisotopic (exact) mass is 275 g/mol. The van der Waals surface area contributed by atoms with E-state index in [9.17, 15) is 0 Å². The van der Waals surface area contributed by atoms with Crippen molar-refractivity contribution in [3.05, 3.63) is 34.3 Å². The Kier molecular flexibility index (Phi) is 5.62. The lowest BCUT2D eigenvalue weighted by Gasteiger charge is -2.12. The number of methoxy groups -OCH3 is 2. The van der Waals surface area contributed by atoms with E-state index >= 15 is 0 Å². The van der Waals surface area contributed by atoms with Crippen molar-refractivity contribution < 1.29 is 9.47 Å². The van der Waals surface area contributed by atoms with Crippen molar-refractivity contribution in [2.75, 3.05) is 20.8 Å². The third-order valence-electron chi connectivity index (χ3n) is 2.14. The van der Waals surface area contributed by atoms with Gasteiger partial charge in [0.25, 0.3) is 0 Å². The summed E-state index contributed by atoms with van der Waals surface area (Å²) >= 11 is 11.7. The maximum atomic E-state index is 6.08. The number of halogens is 2. The molecule has 0 amide bonds. The molecule has 5 heteroatoms. The summed E-state index contributed by atoms with van der Waals surface area (Å²) < 4.78 is 10.4. The molecule has 1 N–H and O–H groups in total. The third kappa shape index (κ3) is 4.11. The molecular weight excluding hydrogens is 261 g/mol. The molecule has 0 aliphatic heterocycles. The Morgan fingerprint density at radius 1 is 1.35 bits per heavy atom. The number of ether oxygens (including phenoxy) is 2. The van der Waals surface area contributed by atoms with Crippen molar-refractivity contribution in [1.82, 2.24) is 5.32 Å². The summed E-state index contributed by atoms with van der Waals surface area (Å²) in [5.41, 5.74) is 0.991. The Labute approximate surface area is 111 Å². The average molecular weight is 276 g/mol. The van der Waals surface area contributed by atoms with E-state index < -0.39 is 0 Å². The van der Waals surface area contributed by atoms with Gasteiger partial charge in [0.1, 0.15) is 0 Å². The summed E-state index contributed by atoms with van der Waals surface area (Å²) in [6.45, 7) is 4.78. The van der Waals surface area contributed by atoms with Crippen molar-refractivity contribution >= 4 is 23.2 Å². The van der Waals surface area contributed by atoms with E-state index in [0.29, 0.717) is 34.6 Å². The molecule has 0 saturated heterocycles. The maximum absolute atomic E-state index is 6.08. The zero-order valence-corrected chi connectivity index (χ0v) is 11.4. The van der Waals surface area contributed by atoms with Gasteiger partial charge in [-0.2, -0.15) is 0 Å². The van der Waals surface area contributed by atoms with Crippen molar-refractivity contribution in [2.24, 2.45) is 0 Å². The minimum Gasteiger partial charge on any atom is -0.493 e. The highest BCUT2D eigenvalue weighted by Crippen LogP contribution is 2.35. The highest BCUT2D eigenvalue weighted by atomic mass is 35.5. The first-order valence-electron chi connectivity index (χ1n) is 5.03. The van der Waals surface area contributed by atoms with Gasteiger partial charge in [-0.15, -0.1) is 0 Å². The molecule has 0 fully saturated rings. The highest BCUT2D eigenvalue weighted by Gasteiger charge is 2.10. The Morgan fingerprint density at radius 3 is 2.59 bits per heavy atom. The average Bonchev–Trinajstić information content (AvgIpc) is 2.27. The van der Waals surface area contributed by atoms with Crippen LogP contribution in [0, 0.1) is 0 Å². The smallest absolute Gasteiger partial charge is 0.179 e. The fraction of sp³-hybridized carbons (Fsp3) is 0.333. The quantitative estimate of drug-likeness (QED) is 0.865. The molecule has 0 spiro atoms. The minimum atomic E-state index is 0.522. The Balaban J connectivity index is 2.80. The topological polar surface area (TPSA) is 30.5 Å². The normalized spacial score (nSPS) is 10.1. The van der Waals surface area contributed by atoms with E-state index in [1.807, 2.05) is 12.1 Å². The summed E-state index contributed by atoms with van der Waals surface area (Å²) in [6, 6.07) is 3.70. The van der Waals surface area contributed by atoms with E-state index in [-0.39, 0.29) is 0 Å². The fourth-order valence-corrected chi connectivity index (χ4v) is 1.82. The van der Waals surface area contributed by atoms with Crippen LogP contribution >= 0.6 is 23.2 Å². The largest absolute Gasteiger partial charge is 0.493 e. The van der Waals surface area contributed by atoms with Crippen molar-refractivity contribution in [3.63, 3.8) is 0 Å². The van der Waals surface area contributed by atoms with Gasteiger partial charge in [-0.1, -0.05) is 29.8 Å². The number of rotatable bonds is 6. The lowest BCUT2D eigenvalue weighted by molar-refractivity contribution is 0.354. The van der Waals surface area contributed by atoms with Crippen LogP contribution in [0.3, 0.4) is 0 Å². The summed E-state index contributed by atoms with van der Waals surface area (Å²) in [5.74, 6) is 1.15. The molecular formula is C12H15Cl2NO2. The van der Waals surface area contributed by atoms with E-state index in [2.05, 4.69) is 11.9 Å². The van der Waals surface area contributed by atoms with Crippen LogP contribution in [0.1, 0.15) is 5.56 Å². The summed E-state index contributed by atoms with van der Waals surface area (Å²) in [7, 11) is 3.13. The highest BCUT2D eigenvalue weighted by molar-refractivity contribution is 6.32. The molecule has 0 bridgehead atoms. The number of hydrogen-bond acceptors (Lipinski definition) is 3. The van der Waals surface area contributed by atoms with Gasteiger partial charge >= 0.3 is 0 Å². The number of hydrogen-bond donors (Lipinski definition) is 1. The molecule has 0 aliphatic rings. The Hall–Kier alpha value is -0.900. The van der Waals surface area contributed by atoms with Crippen LogP contribution in [0.15, 0.2) is 23.7 Å². The van der Waals surface area contributed by atoms with Crippen LogP contribution in [0.2, 0.25) is 5.02 Å². The van der Waals surface area contributed by atoms with Gasteiger partial charge in [-0.25, -0.2) is 0 Å². The Morgan fingerprint density at radius 2 is 2.06 bits per heavy atom. The standard InChI is InChI=1S/C12H15Cl2NO2/c1-8(13)6-15-7-9-4-10(14)12(17-3)11(5-9)16-2/h4-5,15H,1,6-7H2,2-3H3. The van der Waals surface area contributed by atoms with E-state index in [4.69, 9.17) is 32.7 Å². The van der Waals surface area contributed by atoms with Crippen LogP contribution in [0.4, 0.5) is 0 Å². The molecule has 17 heavy (non-hydrogen) atoms. The van der Waals surface area contributed by atoms with Crippen LogP contribution in [0.5, 0.6) is 11.5 Å². The second-order valence-electron chi connectivity index (χ2n) is 3.43. The predicted octanol–water partition coefficient (Wildman–Crippen LogP) is 3.20. The molecule has 3 nitrogen and oxygen atoms in total. The van der Waals surface area contributed by atoms with Gasteiger partial charge in [0, 0.05) is 18.1 Å². The predicted molar refractivity (Wildman–Crippen MR) is 71.3 cm³/mol. The molecule has 0 aromatic heterocycles. The second-order valence-corrected chi connectivity index (χ2v) is 4.38. The second kappa shape index (κ2) is 6.74. The van der Waals surface area contributed by atoms with Crippen molar-refractivity contribution in [1.29, 1.82) is 0 Å². The number of nitrogens with one attached hydrogen (secondary N) is 1. The van der Waals surface area contributed by atoms with Gasteiger partial charge in [0.05, 0.1) is 19.2 Å². The lowest BCUT2D eigenvalue weighted by Crippen LogP contribution is -2.14. The van der Waals surface area contributed by atoms with E-state index in [0.717, 1.165) is 5.56 Å². The summed E-state index contributed by atoms with van der Waals surface area (Å²) in [4.78, 5) is 0. The first kappa shape index (κ1) is 14.2. The number of benzene rings is 1. The molecule has 0 unspecified atom stereocenters. The molecule has 1 rings (SSSR count). The zero-order chi connectivity index (χ0) is 12.8. The van der Waals surface area contributed by atoms with Gasteiger partial charge in [0.2, 0.25) is 0 Å². The van der Waals surface area contributed by atoms with Gasteiger partial charge in [-0.3, -0.25) is 0 Å². The lowest BCUT2D eigenvalue weighted by atomic mass is 10.2. The molecule has 0 saturated carbocycles.